The highest BCUT2D eigenvalue weighted by atomic mass is 16.1. The highest BCUT2D eigenvalue weighted by Crippen LogP contribution is 2.17. The Kier molecular flexibility index (Phi) is 5.76. The van der Waals surface area contributed by atoms with Gasteiger partial charge < -0.3 is 5.32 Å². The number of nitrogens with zero attached hydrogens (tertiary/aromatic N) is 3. The van der Waals surface area contributed by atoms with E-state index in [1.807, 2.05) is 44.2 Å². The Labute approximate surface area is 157 Å². The third-order valence-electron chi connectivity index (χ3n) is 4.26. The maximum atomic E-state index is 12.2. The van der Waals surface area contributed by atoms with Gasteiger partial charge in [0.05, 0.1) is 5.69 Å². The summed E-state index contributed by atoms with van der Waals surface area (Å²) >= 11 is 0. The lowest BCUT2D eigenvalue weighted by Crippen LogP contribution is -2.23. The summed E-state index contributed by atoms with van der Waals surface area (Å²) < 4.78 is 1.40. The molecule has 1 N–H and O–H groups in total. The minimum Gasteiger partial charge on any atom is -0.326 e. The zero-order valence-corrected chi connectivity index (χ0v) is 15.5. The minimum absolute atomic E-state index is 0.0693. The number of rotatable bonds is 6. The van der Waals surface area contributed by atoms with E-state index >= 15 is 0 Å². The van der Waals surface area contributed by atoms with Crippen molar-refractivity contribution in [2.75, 3.05) is 5.32 Å². The summed E-state index contributed by atoms with van der Waals surface area (Å²) in [5, 5.41) is 7.32. The third-order valence-corrected chi connectivity index (χ3v) is 4.26. The molecular formula is C21H22N4O2. The van der Waals surface area contributed by atoms with Gasteiger partial charge in [-0.3, -0.25) is 14.6 Å². The molecule has 6 nitrogen and oxygen atoms in total. The number of pyridine rings is 1. The summed E-state index contributed by atoms with van der Waals surface area (Å²) in [6.07, 6.45) is 4.24. The maximum Gasteiger partial charge on any atom is 0.266 e. The van der Waals surface area contributed by atoms with Crippen LogP contribution in [-0.2, 0) is 11.3 Å². The Balaban J connectivity index is 1.61. The van der Waals surface area contributed by atoms with Crippen LogP contribution in [0.2, 0.25) is 0 Å². The van der Waals surface area contributed by atoms with E-state index in [1.165, 1.54) is 10.7 Å². The first-order valence-corrected chi connectivity index (χ1v) is 8.88. The quantitative estimate of drug-likeness (QED) is 0.730. The molecule has 0 saturated heterocycles. The molecule has 3 aromatic rings. The van der Waals surface area contributed by atoms with Crippen molar-refractivity contribution in [3.05, 3.63) is 76.3 Å². The lowest BCUT2D eigenvalue weighted by molar-refractivity contribution is -0.116. The zero-order valence-electron chi connectivity index (χ0n) is 15.5. The predicted molar refractivity (Wildman–Crippen MR) is 106 cm³/mol. The summed E-state index contributed by atoms with van der Waals surface area (Å²) in [5.41, 5.74) is 4.29. The molecule has 3 rings (SSSR count). The van der Waals surface area contributed by atoms with Gasteiger partial charge in [-0.1, -0.05) is 12.1 Å². The van der Waals surface area contributed by atoms with Crippen molar-refractivity contribution >= 4 is 11.6 Å². The van der Waals surface area contributed by atoms with Crippen molar-refractivity contribution in [1.82, 2.24) is 14.8 Å². The van der Waals surface area contributed by atoms with Crippen molar-refractivity contribution in [3.63, 3.8) is 0 Å². The number of hydrogen-bond donors (Lipinski definition) is 1. The van der Waals surface area contributed by atoms with E-state index in [1.54, 1.807) is 18.5 Å². The Hall–Kier alpha value is -3.28. The molecule has 27 heavy (non-hydrogen) atoms. The van der Waals surface area contributed by atoms with E-state index in [0.717, 1.165) is 22.4 Å². The second kappa shape index (κ2) is 8.40. The molecule has 0 aliphatic heterocycles. The number of benzene rings is 1. The summed E-state index contributed by atoms with van der Waals surface area (Å²) in [7, 11) is 0. The van der Waals surface area contributed by atoms with E-state index in [4.69, 9.17) is 0 Å². The second-order valence-electron chi connectivity index (χ2n) is 6.49. The van der Waals surface area contributed by atoms with E-state index in [2.05, 4.69) is 15.4 Å². The van der Waals surface area contributed by atoms with Gasteiger partial charge in [0.2, 0.25) is 5.91 Å². The molecule has 1 amide bonds. The molecule has 0 spiro atoms. The molecule has 1 aromatic carbocycles. The number of aromatic nitrogens is 3. The number of amides is 1. The van der Waals surface area contributed by atoms with Crippen LogP contribution >= 0.6 is 0 Å². The Morgan fingerprint density at radius 1 is 1.15 bits per heavy atom. The molecule has 0 aliphatic rings. The standard InChI is InChI=1S/C21H22N4O2/c1-15-7-8-16(2)19(13-15)23-20(26)6-4-12-25-21(27)10-9-18(24-25)17-5-3-11-22-14-17/h3,5,7-11,13-14H,4,6,12H2,1-2H3,(H,23,26). The first-order valence-electron chi connectivity index (χ1n) is 8.88. The molecule has 2 heterocycles. The van der Waals surface area contributed by atoms with Crippen molar-refractivity contribution in [2.24, 2.45) is 0 Å². The molecule has 0 bridgehead atoms. The third kappa shape index (κ3) is 4.88. The molecule has 6 heteroatoms. The molecule has 2 aromatic heterocycles. The van der Waals surface area contributed by atoms with Crippen LogP contribution in [-0.4, -0.2) is 20.7 Å². The molecule has 0 atom stereocenters. The number of carbonyl (C=O) groups excluding carboxylic acids is 1. The summed E-state index contributed by atoms with van der Waals surface area (Å²) in [5.74, 6) is -0.0693. The van der Waals surface area contributed by atoms with Crippen molar-refractivity contribution in [2.45, 2.75) is 33.2 Å². The van der Waals surface area contributed by atoms with Crippen LogP contribution in [0.5, 0.6) is 0 Å². The van der Waals surface area contributed by atoms with Crippen molar-refractivity contribution < 1.29 is 4.79 Å². The smallest absolute Gasteiger partial charge is 0.266 e. The van der Waals surface area contributed by atoms with Crippen LogP contribution in [0.15, 0.2) is 59.7 Å². The van der Waals surface area contributed by atoms with Gasteiger partial charge in [0, 0.05) is 42.7 Å². The largest absolute Gasteiger partial charge is 0.326 e. The highest BCUT2D eigenvalue weighted by molar-refractivity contribution is 5.91. The number of hydrogen-bond acceptors (Lipinski definition) is 4. The number of carbonyl (C=O) groups is 1. The maximum absolute atomic E-state index is 12.2. The average Bonchev–Trinajstić information content (AvgIpc) is 2.67. The van der Waals surface area contributed by atoms with Gasteiger partial charge in [0.25, 0.3) is 5.56 Å². The number of anilines is 1. The van der Waals surface area contributed by atoms with Gasteiger partial charge in [0.15, 0.2) is 0 Å². The van der Waals surface area contributed by atoms with Crippen LogP contribution in [0.3, 0.4) is 0 Å². The highest BCUT2D eigenvalue weighted by Gasteiger charge is 2.07. The first kappa shape index (κ1) is 18.5. The van der Waals surface area contributed by atoms with E-state index in [-0.39, 0.29) is 11.5 Å². The predicted octanol–water partition coefficient (Wildman–Crippen LogP) is 3.34. The fourth-order valence-corrected chi connectivity index (χ4v) is 2.75. The normalized spacial score (nSPS) is 10.6. The van der Waals surface area contributed by atoms with Gasteiger partial charge in [-0.05, 0) is 55.7 Å². The number of nitrogens with one attached hydrogen (secondary N) is 1. The molecule has 0 aliphatic carbocycles. The van der Waals surface area contributed by atoms with Gasteiger partial charge in [-0.2, -0.15) is 5.10 Å². The lowest BCUT2D eigenvalue weighted by Gasteiger charge is -2.10. The number of aryl methyl sites for hydroxylation is 3. The minimum atomic E-state index is -0.183. The van der Waals surface area contributed by atoms with Crippen LogP contribution in [0.1, 0.15) is 24.0 Å². The van der Waals surface area contributed by atoms with E-state index < -0.39 is 0 Å². The summed E-state index contributed by atoms with van der Waals surface area (Å²) in [6, 6.07) is 12.8. The molecular weight excluding hydrogens is 340 g/mol. The van der Waals surface area contributed by atoms with Crippen LogP contribution < -0.4 is 10.9 Å². The molecule has 0 fully saturated rings. The summed E-state index contributed by atoms with van der Waals surface area (Å²) in [6.45, 7) is 4.33. The lowest BCUT2D eigenvalue weighted by atomic mass is 10.1. The summed E-state index contributed by atoms with van der Waals surface area (Å²) in [4.78, 5) is 28.3. The second-order valence-corrected chi connectivity index (χ2v) is 6.49. The SMILES string of the molecule is Cc1ccc(C)c(NC(=O)CCCn2nc(-c3cccnc3)ccc2=O)c1. The fourth-order valence-electron chi connectivity index (χ4n) is 2.75. The van der Waals surface area contributed by atoms with Crippen LogP contribution in [0, 0.1) is 13.8 Å². The first-order chi connectivity index (χ1) is 13.0. The van der Waals surface area contributed by atoms with Gasteiger partial charge in [0.1, 0.15) is 0 Å². The van der Waals surface area contributed by atoms with Gasteiger partial charge >= 0.3 is 0 Å². The van der Waals surface area contributed by atoms with Gasteiger partial charge in [-0.15, -0.1) is 0 Å². The van der Waals surface area contributed by atoms with Crippen LogP contribution in [0.25, 0.3) is 11.3 Å². The van der Waals surface area contributed by atoms with Crippen LogP contribution in [0.4, 0.5) is 5.69 Å². The Morgan fingerprint density at radius 3 is 2.78 bits per heavy atom. The zero-order chi connectivity index (χ0) is 19.2. The topological polar surface area (TPSA) is 76.9 Å². The van der Waals surface area contributed by atoms with Crippen molar-refractivity contribution in [3.8, 4) is 11.3 Å². The van der Waals surface area contributed by atoms with Crippen molar-refractivity contribution in [1.29, 1.82) is 0 Å². The molecule has 0 saturated carbocycles. The average molecular weight is 362 g/mol. The van der Waals surface area contributed by atoms with E-state index in [0.29, 0.717) is 25.1 Å². The van der Waals surface area contributed by atoms with Gasteiger partial charge in [-0.25, -0.2) is 4.68 Å². The Bertz CT molecular complexity index is 997. The van der Waals surface area contributed by atoms with E-state index in [9.17, 15) is 9.59 Å². The monoisotopic (exact) mass is 362 g/mol. The fraction of sp³-hybridized carbons (Fsp3) is 0.238. The Morgan fingerprint density at radius 2 is 2.00 bits per heavy atom. The molecule has 0 radical (unpaired) electrons. The molecule has 0 unspecified atom stereocenters. The molecule has 138 valence electrons.